The molecule has 122 valence electrons. The highest BCUT2D eigenvalue weighted by Gasteiger charge is 2.14. The number of urea groups is 1. The minimum atomic E-state index is -0.00691. The van der Waals surface area contributed by atoms with Gasteiger partial charge in [0.25, 0.3) is 0 Å². The molecule has 0 heterocycles. The molecule has 1 aromatic carbocycles. The Labute approximate surface area is 133 Å². The molecule has 0 spiro atoms. The number of carbonyl (C=O) groups excluding carboxylic acids is 1. The second-order valence-electron chi connectivity index (χ2n) is 5.85. The third-order valence-corrected chi connectivity index (χ3v) is 4.27. The van der Waals surface area contributed by atoms with Crippen molar-refractivity contribution in [2.24, 2.45) is 0 Å². The summed E-state index contributed by atoms with van der Waals surface area (Å²) in [5.41, 5.74) is 1.09. The van der Waals surface area contributed by atoms with Crippen LogP contribution in [0.15, 0.2) is 24.3 Å². The SMILES string of the molecule is CCN(CC)C(=O)NCc1ccc(OC2CCCCC2)cc1. The smallest absolute Gasteiger partial charge is 0.317 e. The van der Waals surface area contributed by atoms with E-state index in [2.05, 4.69) is 5.32 Å². The summed E-state index contributed by atoms with van der Waals surface area (Å²) in [7, 11) is 0. The van der Waals surface area contributed by atoms with Crippen molar-refractivity contribution in [3.63, 3.8) is 0 Å². The minimum Gasteiger partial charge on any atom is -0.490 e. The maximum atomic E-state index is 11.9. The van der Waals surface area contributed by atoms with E-state index in [0.29, 0.717) is 12.6 Å². The van der Waals surface area contributed by atoms with Crippen LogP contribution in [0.1, 0.15) is 51.5 Å². The predicted molar refractivity (Wildman–Crippen MR) is 89.1 cm³/mol. The molecule has 22 heavy (non-hydrogen) atoms. The second-order valence-corrected chi connectivity index (χ2v) is 5.85. The number of ether oxygens (including phenoxy) is 1. The number of benzene rings is 1. The lowest BCUT2D eigenvalue weighted by atomic mass is 9.98. The Bertz CT molecular complexity index is 449. The van der Waals surface area contributed by atoms with Gasteiger partial charge in [-0.1, -0.05) is 18.6 Å². The Morgan fingerprint density at radius 2 is 1.77 bits per heavy atom. The summed E-state index contributed by atoms with van der Waals surface area (Å²) in [5.74, 6) is 0.936. The van der Waals surface area contributed by atoms with Crippen LogP contribution in [0.2, 0.25) is 0 Å². The van der Waals surface area contributed by atoms with Gasteiger partial charge in [0, 0.05) is 19.6 Å². The quantitative estimate of drug-likeness (QED) is 0.864. The first-order valence-electron chi connectivity index (χ1n) is 8.51. The number of nitrogens with zero attached hydrogens (tertiary/aromatic N) is 1. The average molecular weight is 304 g/mol. The van der Waals surface area contributed by atoms with Gasteiger partial charge in [-0.05, 0) is 57.2 Å². The number of nitrogens with one attached hydrogen (secondary N) is 1. The fourth-order valence-corrected chi connectivity index (χ4v) is 2.86. The molecular weight excluding hydrogens is 276 g/mol. The van der Waals surface area contributed by atoms with E-state index in [1.54, 1.807) is 4.90 Å². The molecule has 0 aliphatic heterocycles. The zero-order valence-electron chi connectivity index (χ0n) is 13.8. The molecule has 1 aliphatic carbocycles. The van der Waals surface area contributed by atoms with Gasteiger partial charge >= 0.3 is 6.03 Å². The van der Waals surface area contributed by atoms with E-state index in [1.165, 1.54) is 32.1 Å². The minimum absolute atomic E-state index is 0.00691. The van der Waals surface area contributed by atoms with Crippen LogP contribution >= 0.6 is 0 Å². The Kier molecular flexibility index (Phi) is 6.56. The Morgan fingerprint density at radius 3 is 2.36 bits per heavy atom. The van der Waals surface area contributed by atoms with Crippen LogP contribution in [0, 0.1) is 0 Å². The van der Waals surface area contributed by atoms with Gasteiger partial charge in [0.2, 0.25) is 0 Å². The third-order valence-electron chi connectivity index (χ3n) is 4.27. The van der Waals surface area contributed by atoms with Gasteiger partial charge in [-0.3, -0.25) is 0 Å². The Balaban J connectivity index is 1.80. The molecular formula is C18H28N2O2. The summed E-state index contributed by atoms with van der Waals surface area (Å²) in [6, 6.07) is 8.06. The fourth-order valence-electron chi connectivity index (χ4n) is 2.86. The molecule has 2 amide bonds. The maximum Gasteiger partial charge on any atom is 0.317 e. The van der Waals surface area contributed by atoms with Crippen LogP contribution in [0.5, 0.6) is 5.75 Å². The Morgan fingerprint density at radius 1 is 1.14 bits per heavy atom. The summed E-state index contributed by atoms with van der Waals surface area (Å²) in [6.45, 7) is 5.99. The second kappa shape index (κ2) is 8.66. The Hall–Kier alpha value is -1.71. The summed E-state index contributed by atoms with van der Waals surface area (Å²) in [4.78, 5) is 13.7. The van der Waals surface area contributed by atoms with Crippen LogP contribution < -0.4 is 10.1 Å². The summed E-state index contributed by atoms with van der Waals surface area (Å²) in [6.07, 6.45) is 6.61. The third kappa shape index (κ3) is 4.93. The number of amides is 2. The monoisotopic (exact) mass is 304 g/mol. The van der Waals surface area contributed by atoms with E-state index < -0.39 is 0 Å². The highest BCUT2D eigenvalue weighted by Crippen LogP contribution is 2.23. The van der Waals surface area contributed by atoms with E-state index in [4.69, 9.17) is 4.74 Å². The molecule has 4 nitrogen and oxygen atoms in total. The largest absolute Gasteiger partial charge is 0.490 e. The first-order valence-corrected chi connectivity index (χ1v) is 8.51. The summed E-state index contributed by atoms with van der Waals surface area (Å²) >= 11 is 0. The van der Waals surface area contributed by atoms with Crippen molar-refractivity contribution >= 4 is 6.03 Å². The van der Waals surface area contributed by atoms with Crippen LogP contribution in [0.3, 0.4) is 0 Å². The van der Waals surface area contributed by atoms with Crippen LogP contribution in [0.25, 0.3) is 0 Å². The lowest BCUT2D eigenvalue weighted by molar-refractivity contribution is 0.155. The lowest BCUT2D eigenvalue weighted by Crippen LogP contribution is -2.39. The molecule has 0 bridgehead atoms. The van der Waals surface area contributed by atoms with Crippen molar-refractivity contribution in [3.8, 4) is 5.75 Å². The van der Waals surface area contributed by atoms with Gasteiger partial charge in [-0.25, -0.2) is 4.79 Å². The molecule has 0 atom stereocenters. The standard InChI is InChI=1S/C18H28N2O2/c1-3-20(4-2)18(21)19-14-15-10-12-17(13-11-15)22-16-8-6-5-7-9-16/h10-13,16H,3-9,14H2,1-2H3,(H,19,21). The molecule has 4 heteroatoms. The van der Waals surface area contributed by atoms with E-state index in [9.17, 15) is 4.79 Å². The van der Waals surface area contributed by atoms with Crippen LogP contribution in [-0.4, -0.2) is 30.1 Å². The fraction of sp³-hybridized carbons (Fsp3) is 0.611. The highest BCUT2D eigenvalue weighted by atomic mass is 16.5. The molecule has 1 N–H and O–H groups in total. The summed E-state index contributed by atoms with van der Waals surface area (Å²) < 4.78 is 6.01. The molecule has 1 aromatic rings. The maximum absolute atomic E-state index is 11.9. The number of rotatable bonds is 6. The van der Waals surface area contributed by atoms with Crippen molar-refractivity contribution in [3.05, 3.63) is 29.8 Å². The van der Waals surface area contributed by atoms with Gasteiger partial charge < -0.3 is 15.0 Å². The zero-order chi connectivity index (χ0) is 15.8. The zero-order valence-corrected chi connectivity index (χ0v) is 13.8. The summed E-state index contributed by atoms with van der Waals surface area (Å²) in [5, 5.41) is 2.95. The number of carbonyl (C=O) groups is 1. The van der Waals surface area contributed by atoms with Crippen molar-refractivity contribution in [2.75, 3.05) is 13.1 Å². The molecule has 0 unspecified atom stereocenters. The van der Waals surface area contributed by atoms with Crippen molar-refractivity contribution in [2.45, 2.75) is 58.6 Å². The average Bonchev–Trinajstić information content (AvgIpc) is 2.56. The van der Waals surface area contributed by atoms with Crippen molar-refractivity contribution < 1.29 is 9.53 Å². The van der Waals surface area contributed by atoms with Gasteiger partial charge in [0.15, 0.2) is 0 Å². The van der Waals surface area contributed by atoms with Crippen molar-refractivity contribution in [1.82, 2.24) is 10.2 Å². The van der Waals surface area contributed by atoms with Crippen molar-refractivity contribution in [1.29, 1.82) is 0 Å². The molecule has 1 saturated carbocycles. The molecule has 1 aliphatic rings. The lowest BCUT2D eigenvalue weighted by Gasteiger charge is -2.23. The molecule has 0 saturated heterocycles. The van der Waals surface area contributed by atoms with E-state index in [1.807, 2.05) is 38.1 Å². The van der Waals surface area contributed by atoms with E-state index >= 15 is 0 Å². The van der Waals surface area contributed by atoms with Gasteiger partial charge in [0.05, 0.1) is 6.10 Å². The van der Waals surface area contributed by atoms with Crippen LogP contribution in [-0.2, 0) is 6.54 Å². The van der Waals surface area contributed by atoms with Crippen LogP contribution in [0.4, 0.5) is 4.79 Å². The van der Waals surface area contributed by atoms with Gasteiger partial charge in [-0.15, -0.1) is 0 Å². The first kappa shape index (κ1) is 16.7. The normalized spacial score (nSPS) is 15.4. The topological polar surface area (TPSA) is 41.6 Å². The molecule has 0 radical (unpaired) electrons. The predicted octanol–water partition coefficient (Wildman–Crippen LogP) is 3.95. The highest BCUT2D eigenvalue weighted by molar-refractivity contribution is 5.74. The molecule has 0 aromatic heterocycles. The molecule has 1 fully saturated rings. The first-order chi connectivity index (χ1) is 10.7. The number of hydrogen-bond acceptors (Lipinski definition) is 2. The number of hydrogen-bond donors (Lipinski definition) is 1. The van der Waals surface area contributed by atoms with Gasteiger partial charge in [-0.2, -0.15) is 0 Å². The van der Waals surface area contributed by atoms with E-state index in [-0.39, 0.29) is 6.03 Å². The van der Waals surface area contributed by atoms with Gasteiger partial charge in [0.1, 0.15) is 5.75 Å². The molecule has 2 rings (SSSR count). The van der Waals surface area contributed by atoms with E-state index in [0.717, 1.165) is 24.4 Å².